The number of phenols is 2. The molecule has 2 aromatic carbocycles. The van der Waals surface area contributed by atoms with E-state index in [1.807, 2.05) is 19.0 Å². The predicted molar refractivity (Wildman–Crippen MR) is 88.2 cm³/mol. The van der Waals surface area contributed by atoms with Crippen LogP contribution in [0.1, 0.15) is 5.56 Å². The summed E-state index contributed by atoms with van der Waals surface area (Å²) in [5.41, 5.74) is -4.54. The molecule has 0 atom stereocenters. The van der Waals surface area contributed by atoms with Gasteiger partial charge in [0.15, 0.2) is 0 Å². The molecule has 0 amide bonds. The summed E-state index contributed by atoms with van der Waals surface area (Å²) in [6.45, 7) is 0.476. The Kier molecular flexibility index (Phi) is 5.38. The van der Waals surface area contributed by atoms with Crippen molar-refractivity contribution in [2.45, 2.75) is 12.1 Å². The summed E-state index contributed by atoms with van der Waals surface area (Å²) in [6.07, 6.45) is 0. The molecule has 2 rings (SSSR count). The first-order valence-electron chi connectivity index (χ1n) is 7.21. The number of nitrogens with zero attached hydrogens (tertiary/aromatic N) is 1. The van der Waals surface area contributed by atoms with Crippen LogP contribution in [-0.4, -0.2) is 43.1 Å². The lowest BCUT2D eigenvalue weighted by molar-refractivity contribution is -0.0500. The van der Waals surface area contributed by atoms with Gasteiger partial charge in [-0.2, -0.15) is 21.6 Å². The van der Waals surface area contributed by atoms with E-state index in [0.29, 0.717) is 12.1 Å². The van der Waals surface area contributed by atoms with Gasteiger partial charge in [-0.05, 0) is 49.5 Å². The lowest BCUT2D eigenvalue weighted by Gasteiger charge is -2.14. The molecule has 2 aromatic rings. The van der Waals surface area contributed by atoms with Crippen LogP contribution in [0.4, 0.5) is 13.2 Å². The zero-order valence-electron chi connectivity index (χ0n) is 13.8. The standard InChI is InChI=1S/C16H16F3NO5S/c1-20(2)9-10-7-13(21)15(14(22)8-10)11-3-5-12(6-4-11)25-26(23,24)16(17,18)19/h3-8,21-22H,9H2,1-2H3. The van der Waals surface area contributed by atoms with Crippen LogP contribution in [0, 0.1) is 0 Å². The fourth-order valence-corrected chi connectivity index (χ4v) is 2.73. The second kappa shape index (κ2) is 7.04. The Morgan fingerprint density at radius 2 is 1.54 bits per heavy atom. The van der Waals surface area contributed by atoms with E-state index in [9.17, 15) is 31.8 Å². The van der Waals surface area contributed by atoms with Crippen molar-refractivity contribution < 1.29 is 36.0 Å². The van der Waals surface area contributed by atoms with E-state index >= 15 is 0 Å². The summed E-state index contributed by atoms with van der Waals surface area (Å²) in [5, 5.41) is 20.3. The molecule has 0 saturated heterocycles. The van der Waals surface area contributed by atoms with Gasteiger partial charge >= 0.3 is 15.6 Å². The number of phenolic OH excluding ortho intramolecular Hbond substituents is 2. The molecule has 0 fully saturated rings. The molecule has 0 saturated carbocycles. The molecule has 0 radical (unpaired) electrons. The van der Waals surface area contributed by atoms with Crippen LogP contribution in [-0.2, 0) is 16.7 Å². The van der Waals surface area contributed by atoms with Gasteiger partial charge in [-0.1, -0.05) is 12.1 Å². The van der Waals surface area contributed by atoms with Crippen LogP contribution in [0.2, 0.25) is 0 Å². The van der Waals surface area contributed by atoms with Gasteiger partial charge in [0.2, 0.25) is 0 Å². The van der Waals surface area contributed by atoms with E-state index in [1.165, 1.54) is 24.3 Å². The summed E-state index contributed by atoms with van der Waals surface area (Å²) < 4.78 is 62.9. The summed E-state index contributed by atoms with van der Waals surface area (Å²) in [7, 11) is -2.13. The van der Waals surface area contributed by atoms with Crippen molar-refractivity contribution in [3.63, 3.8) is 0 Å². The highest BCUT2D eigenvalue weighted by Crippen LogP contribution is 2.39. The number of hydrogen-bond acceptors (Lipinski definition) is 6. The Bertz CT molecular complexity index is 870. The third-order valence-electron chi connectivity index (χ3n) is 3.29. The van der Waals surface area contributed by atoms with Gasteiger partial charge in [-0.15, -0.1) is 0 Å². The SMILES string of the molecule is CN(C)Cc1cc(O)c(-c2ccc(OS(=O)(=O)C(F)(F)F)cc2)c(O)c1. The molecule has 142 valence electrons. The zero-order valence-corrected chi connectivity index (χ0v) is 14.6. The molecule has 0 aromatic heterocycles. The van der Waals surface area contributed by atoms with E-state index < -0.39 is 21.4 Å². The smallest absolute Gasteiger partial charge is 0.507 e. The monoisotopic (exact) mass is 391 g/mol. The number of rotatable bonds is 5. The summed E-state index contributed by atoms with van der Waals surface area (Å²) >= 11 is 0. The van der Waals surface area contributed by atoms with E-state index in [2.05, 4.69) is 4.18 Å². The normalized spacial score (nSPS) is 12.4. The zero-order chi connectivity index (χ0) is 19.7. The molecule has 0 aliphatic rings. The molecular weight excluding hydrogens is 375 g/mol. The highest BCUT2D eigenvalue weighted by atomic mass is 32.2. The Balaban J connectivity index is 2.32. The molecule has 0 aliphatic heterocycles. The molecule has 0 spiro atoms. The van der Waals surface area contributed by atoms with Crippen molar-refractivity contribution in [2.24, 2.45) is 0 Å². The van der Waals surface area contributed by atoms with Crippen LogP contribution in [0.3, 0.4) is 0 Å². The first kappa shape index (κ1) is 19.9. The molecular formula is C16H16F3NO5S. The van der Waals surface area contributed by atoms with Gasteiger partial charge < -0.3 is 19.3 Å². The minimum Gasteiger partial charge on any atom is -0.507 e. The Hall–Kier alpha value is -2.46. The molecule has 0 unspecified atom stereocenters. The second-order valence-electron chi connectivity index (χ2n) is 5.75. The Labute approximate surface area is 148 Å². The molecule has 0 aliphatic carbocycles. The topological polar surface area (TPSA) is 87.1 Å². The van der Waals surface area contributed by atoms with Gasteiger partial charge in [-0.3, -0.25) is 0 Å². The molecule has 0 bridgehead atoms. The molecule has 6 nitrogen and oxygen atoms in total. The van der Waals surface area contributed by atoms with Gasteiger partial charge in [0, 0.05) is 6.54 Å². The lowest BCUT2D eigenvalue weighted by atomic mass is 10.0. The van der Waals surface area contributed by atoms with Crippen molar-refractivity contribution in [3.8, 4) is 28.4 Å². The van der Waals surface area contributed by atoms with Crippen LogP contribution in [0.25, 0.3) is 11.1 Å². The maximum absolute atomic E-state index is 12.3. The quantitative estimate of drug-likeness (QED) is 0.602. The maximum Gasteiger partial charge on any atom is 0.534 e. The fraction of sp³-hybridized carbons (Fsp3) is 0.250. The van der Waals surface area contributed by atoms with Gasteiger partial charge in [-0.25, -0.2) is 0 Å². The van der Waals surface area contributed by atoms with Crippen LogP contribution < -0.4 is 4.18 Å². The van der Waals surface area contributed by atoms with E-state index in [4.69, 9.17) is 0 Å². The lowest BCUT2D eigenvalue weighted by Crippen LogP contribution is -2.28. The predicted octanol–water partition coefficient (Wildman–Crippen LogP) is 3.05. The maximum atomic E-state index is 12.3. The number of aromatic hydroxyl groups is 2. The minimum atomic E-state index is -5.77. The third-order valence-corrected chi connectivity index (χ3v) is 4.27. The minimum absolute atomic E-state index is 0.0673. The number of hydrogen-bond donors (Lipinski definition) is 2. The molecule has 2 N–H and O–H groups in total. The van der Waals surface area contributed by atoms with Crippen molar-refractivity contribution >= 4 is 10.1 Å². The average molecular weight is 391 g/mol. The van der Waals surface area contributed by atoms with Gasteiger partial charge in [0.1, 0.15) is 17.2 Å². The largest absolute Gasteiger partial charge is 0.534 e. The van der Waals surface area contributed by atoms with Crippen LogP contribution in [0.15, 0.2) is 36.4 Å². The third kappa shape index (κ3) is 4.38. The van der Waals surface area contributed by atoms with Gasteiger partial charge in [0.25, 0.3) is 0 Å². The molecule has 10 heteroatoms. The summed E-state index contributed by atoms with van der Waals surface area (Å²) in [5.74, 6) is -0.994. The van der Waals surface area contributed by atoms with Crippen molar-refractivity contribution in [2.75, 3.05) is 14.1 Å². The first-order valence-corrected chi connectivity index (χ1v) is 8.62. The molecule has 26 heavy (non-hydrogen) atoms. The van der Waals surface area contributed by atoms with Gasteiger partial charge in [0.05, 0.1) is 5.56 Å². The number of benzene rings is 2. The Morgan fingerprint density at radius 3 is 1.96 bits per heavy atom. The summed E-state index contributed by atoms with van der Waals surface area (Å²) in [6, 6.07) is 7.33. The number of alkyl halides is 3. The van der Waals surface area contributed by atoms with E-state index in [-0.39, 0.29) is 22.6 Å². The van der Waals surface area contributed by atoms with Crippen molar-refractivity contribution in [1.82, 2.24) is 4.90 Å². The highest BCUT2D eigenvalue weighted by molar-refractivity contribution is 7.88. The van der Waals surface area contributed by atoms with Crippen molar-refractivity contribution in [1.29, 1.82) is 0 Å². The fourth-order valence-electron chi connectivity index (χ4n) is 2.27. The Morgan fingerprint density at radius 1 is 1.04 bits per heavy atom. The molecule has 0 heterocycles. The summed E-state index contributed by atoms with van der Waals surface area (Å²) in [4.78, 5) is 1.83. The second-order valence-corrected chi connectivity index (χ2v) is 7.29. The van der Waals surface area contributed by atoms with Crippen molar-refractivity contribution in [3.05, 3.63) is 42.0 Å². The first-order chi connectivity index (χ1) is 11.9. The van der Waals surface area contributed by atoms with Crippen LogP contribution >= 0.6 is 0 Å². The van der Waals surface area contributed by atoms with E-state index in [1.54, 1.807) is 0 Å². The number of halogens is 3. The highest BCUT2D eigenvalue weighted by Gasteiger charge is 2.48. The average Bonchev–Trinajstić information content (AvgIpc) is 2.46. The van der Waals surface area contributed by atoms with Crippen LogP contribution in [0.5, 0.6) is 17.2 Å². The van der Waals surface area contributed by atoms with E-state index in [0.717, 1.165) is 12.1 Å².